The van der Waals surface area contributed by atoms with Crippen molar-refractivity contribution in [1.29, 1.82) is 0 Å². The maximum Gasteiger partial charge on any atom is 0.225 e. The minimum absolute atomic E-state index is 0.340. The quantitative estimate of drug-likeness (QED) is 0.776. The van der Waals surface area contributed by atoms with Crippen LogP contribution < -0.4 is 10.6 Å². The van der Waals surface area contributed by atoms with Crippen LogP contribution in [0.2, 0.25) is 5.02 Å². The first-order chi connectivity index (χ1) is 11.7. The van der Waals surface area contributed by atoms with E-state index in [4.69, 9.17) is 11.6 Å². The van der Waals surface area contributed by atoms with E-state index >= 15 is 0 Å². The fourth-order valence-corrected chi connectivity index (χ4v) is 3.38. The van der Waals surface area contributed by atoms with E-state index in [9.17, 15) is 4.39 Å². The molecule has 0 atom stereocenters. The predicted octanol–water partition coefficient (Wildman–Crippen LogP) is 5.24. The number of aromatic nitrogens is 2. The summed E-state index contributed by atoms with van der Waals surface area (Å²) in [5, 5.41) is 7.00. The average Bonchev–Trinajstić information content (AvgIpc) is 3.29. The fraction of sp³-hybridized carbons (Fsp3) is 0.444. The maximum atomic E-state index is 13.2. The Bertz CT molecular complexity index is 742. The summed E-state index contributed by atoms with van der Waals surface area (Å²) in [5.41, 5.74) is 1.71. The van der Waals surface area contributed by atoms with Gasteiger partial charge in [-0.15, -0.1) is 0 Å². The van der Waals surface area contributed by atoms with Crippen molar-refractivity contribution in [3.8, 4) is 0 Å². The van der Waals surface area contributed by atoms with Gasteiger partial charge in [-0.3, -0.25) is 0 Å². The van der Waals surface area contributed by atoms with Crippen molar-refractivity contribution in [2.45, 2.75) is 50.5 Å². The molecule has 0 aliphatic heterocycles. The molecule has 6 heteroatoms. The fourth-order valence-electron chi connectivity index (χ4n) is 3.16. The molecule has 1 aromatic heterocycles. The Kier molecular flexibility index (Phi) is 4.27. The molecule has 2 aliphatic carbocycles. The maximum absolute atomic E-state index is 13.2. The van der Waals surface area contributed by atoms with Gasteiger partial charge < -0.3 is 10.6 Å². The summed E-state index contributed by atoms with van der Waals surface area (Å²) >= 11 is 6.11. The number of hydrogen-bond acceptors (Lipinski definition) is 4. The summed E-state index contributed by atoms with van der Waals surface area (Å²) in [4.78, 5) is 9.26. The van der Waals surface area contributed by atoms with Gasteiger partial charge in [0, 0.05) is 18.0 Å². The van der Waals surface area contributed by atoms with E-state index in [1.807, 2.05) is 6.07 Å². The van der Waals surface area contributed by atoms with Crippen LogP contribution in [-0.2, 0) is 0 Å². The van der Waals surface area contributed by atoms with Crippen LogP contribution in [0, 0.1) is 5.82 Å². The molecule has 0 radical (unpaired) electrons. The Morgan fingerprint density at radius 2 is 1.83 bits per heavy atom. The van der Waals surface area contributed by atoms with E-state index in [2.05, 4.69) is 20.6 Å². The van der Waals surface area contributed by atoms with E-state index in [1.165, 1.54) is 50.7 Å². The highest BCUT2D eigenvalue weighted by molar-refractivity contribution is 6.33. The largest absolute Gasteiger partial charge is 0.351 e. The monoisotopic (exact) mass is 346 g/mol. The molecule has 2 fully saturated rings. The Morgan fingerprint density at radius 1 is 1.04 bits per heavy atom. The molecular formula is C18H20ClFN4. The first-order valence-electron chi connectivity index (χ1n) is 8.55. The lowest BCUT2D eigenvalue weighted by Gasteiger charge is -2.15. The van der Waals surface area contributed by atoms with E-state index in [0.717, 1.165) is 5.69 Å². The molecule has 0 spiro atoms. The molecule has 126 valence electrons. The van der Waals surface area contributed by atoms with Crippen molar-refractivity contribution in [3.63, 3.8) is 0 Å². The smallest absolute Gasteiger partial charge is 0.225 e. The lowest BCUT2D eigenvalue weighted by molar-refractivity contribution is 0.628. The molecule has 0 saturated heterocycles. The summed E-state index contributed by atoms with van der Waals surface area (Å²) in [6.45, 7) is 0. The molecule has 2 aliphatic rings. The van der Waals surface area contributed by atoms with Crippen molar-refractivity contribution in [1.82, 2.24) is 9.97 Å². The third-order valence-corrected chi connectivity index (χ3v) is 4.94. The molecule has 2 N–H and O–H groups in total. The zero-order valence-corrected chi connectivity index (χ0v) is 14.1. The van der Waals surface area contributed by atoms with E-state index in [-0.39, 0.29) is 5.82 Å². The second-order valence-electron chi connectivity index (χ2n) is 6.65. The number of nitrogens with one attached hydrogen (secondary N) is 2. The third kappa shape index (κ3) is 3.61. The van der Waals surface area contributed by atoms with Gasteiger partial charge in [-0.25, -0.2) is 9.37 Å². The Hall–Kier alpha value is -1.88. The van der Waals surface area contributed by atoms with Crippen molar-refractivity contribution in [2.75, 3.05) is 10.6 Å². The van der Waals surface area contributed by atoms with E-state index in [0.29, 0.717) is 34.4 Å². The second kappa shape index (κ2) is 6.55. The molecule has 0 bridgehead atoms. The summed E-state index contributed by atoms with van der Waals surface area (Å²) in [5.74, 6) is 1.55. The van der Waals surface area contributed by atoms with Crippen LogP contribution in [0.4, 0.5) is 21.8 Å². The van der Waals surface area contributed by atoms with Crippen LogP contribution in [-0.4, -0.2) is 16.0 Å². The SMILES string of the molecule is Fc1ccc(Nc2cc(C3CC3)nc(NC3CCCC3)n2)c(Cl)c1. The van der Waals surface area contributed by atoms with Crippen LogP contribution in [0.5, 0.6) is 0 Å². The van der Waals surface area contributed by atoms with Crippen molar-refractivity contribution >= 4 is 29.1 Å². The molecule has 0 amide bonds. The summed E-state index contributed by atoms with van der Waals surface area (Å²) in [7, 11) is 0. The summed E-state index contributed by atoms with van der Waals surface area (Å²) in [6, 6.07) is 6.74. The van der Waals surface area contributed by atoms with Crippen molar-refractivity contribution in [3.05, 3.63) is 40.8 Å². The molecule has 2 saturated carbocycles. The van der Waals surface area contributed by atoms with Crippen LogP contribution >= 0.6 is 11.6 Å². The first kappa shape index (κ1) is 15.6. The van der Waals surface area contributed by atoms with Gasteiger partial charge in [0.1, 0.15) is 11.6 Å². The Labute approximate surface area is 145 Å². The lowest BCUT2D eigenvalue weighted by Crippen LogP contribution is -2.17. The molecule has 4 rings (SSSR count). The van der Waals surface area contributed by atoms with Gasteiger partial charge in [-0.2, -0.15) is 4.98 Å². The molecule has 0 unspecified atom stereocenters. The van der Waals surface area contributed by atoms with Crippen LogP contribution in [0.1, 0.15) is 50.1 Å². The Balaban J connectivity index is 1.59. The number of anilines is 3. The second-order valence-corrected chi connectivity index (χ2v) is 7.06. The molecular weight excluding hydrogens is 327 g/mol. The highest BCUT2D eigenvalue weighted by Gasteiger charge is 2.27. The molecule has 24 heavy (non-hydrogen) atoms. The highest BCUT2D eigenvalue weighted by Crippen LogP contribution is 2.40. The van der Waals surface area contributed by atoms with E-state index < -0.39 is 0 Å². The number of rotatable bonds is 5. The van der Waals surface area contributed by atoms with Gasteiger partial charge in [0.25, 0.3) is 0 Å². The topological polar surface area (TPSA) is 49.8 Å². The summed E-state index contributed by atoms with van der Waals surface area (Å²) in [6.07, 6.45) is 7.22. The standard InChI is InChI=1S/C18H20ClFN4/c19-14-9-12(20)7-8-15(14)22-17-10-16(11-5-6-11)23-18(24-17)21-13-3-1-2-4-13/h7-11,13H,1-6H2,(H2,21,22,23,24). The number of nitrogens with zero attached hydrogens (tertiary/aromatic N) is 2. The molecule has 2 aromatic rings. The van der Waals surface area contributed by atoms with Crippen molar-refractivity contribution in [2.24, 2.45) is 0 Å². The lowest BCUT2D eigenvalue weighted by atomic mass is 10.2. The Morgan fingerprint density at radius 3 is 2.54 bits per heavy atom. The average molecular weight is 347 g/mol. The van der Waals surface area contributed by atoms with Crippen LogP contribution in [0.25, 0.3) is 0 Å². The van der Waals surface area contributed by atoms with Crippen molar-refractivity contribution < 1.29 is 4.39 Å². The van der Waals surface area contributed by atoms with Gasteiger partial charge in [0.05, 0.1) is 16.4 Å². The van der Waals surface area contributed by atoms with Gasteiger partial charge in [0.15, 0.2) is 0 Å². The zero-order chi connectivity index (χ0) is 16.5. The number of halogens is 2. The first-order valence-corrected chi connectivity index (χ1v) is 8.93. The van der Waals surface area contributed by atoms with Crippen LogP contribution in [0.3, 0.4) is 0 Å². The van der Waals surface area contributed by atoms with Gasteiger partial charge in [-0.1, -0.05) is 24.4 Å². The van der Waals surface area contributed by atoms with Gasteiger partial charge in [0.2, 0.25) is 5.95 Å². The highest BCUT2D eigenvalue weighted by atomic mass is 35.5. The van der Waals surface area contributed by atoms with Crippen LogP contribution in [0.15, 0.2) is 24.3 Å². The zero-order valence-electron chi connectivity index (χ0n) is 13.4. The molecule has 1 aromatic carbocycles. The van der Waals surface area contributed by atoms with E-state index in [1.54, 1.807) is 6.07 Å². The minimum Gasteiger partial charge on any atom is -0.351 e. The molecule has 4 nitrogen and oxygen atoms in total. The normalized spacial score (nSPS) is 17.9. The summed E-state index contributed by atoms with van der Waals surface area (Å²) < 4.78 is 13.2. The third-order valence-electron chi connectivity index (χ3n) is 4.62. The minimum atomic E-state index is -0.351. The van der Waals surface area contributed by atoms with Gasteiger partial charge >= 0.3 is 0 Å². The van der Waals surface area contributed by atoms with Gasteiger partial charge in [-0.05, 0) is 43.9 Å². The molecule has 1 heterocycles. The predicted molar refractivity (Wildman–Crippen MR) is 94.6 cm³/mol. The number of hydrogen-bond donors (Lipinski definition) is 2. The number of benzene rings is 1.